The largest absolute Gasteiger partial charge is 0.330 e. The van der Waals surface area contributed by atoms with Crippen molar-refractivity contribution in [3.63, 3.8) is 0 Å². The van der Waals surface area contributed by atoms with Crippen molar-refractivity contribution in [2.45, 2.75) is 25.7 Å². The Hall–Kier alpha value is -1.94. The van der Waals surface area contributed by atoms with Crippen LogP contribution in [0, 0.1) is 5.41 Å². The zero-order valence-corrected chi connectivity index (χ0v) is 11.4. The molecule has 0 bridgehead atoms. The summed E-state index contributed by atoms with van der Waals surface area (Å²) in [5.41, 5.74) is 7.51. The summed E-state index contributed by atoms with van der Waals surface area (Å²) in [5, 5.41) is 3.97. The Labute approximate surface area is 118 Å². The second-order valence-corrected chi connectivity index (χ2v) is 5.70. The third-order valence-corrected chi connectivity index (χ3v) is 4.26. The van der Waals surface area contributed by atoms with Gasteiger partial charge in [0.1, 0.15) is 0 Å². The maximum absolute atomic E-state index is 12.1. The Bertz CT molecular complexity index is 629. The van der Waals surface area contributed by atoms with Gasteiger partial charge >= 0.3 is 0 Å². The minimum atomic E-state index is 0.0345. The molecule has 3 N–H and O–H groups in total. The second kappa shape index (κ2) is 5.21. The summed E-state index contributed by atoms with van der Waals surface area (Å²) in [6.07, 6.45) is 5.52. The number of benzene rings is 1. The lowest BCUT2D eigenvalue weighted by Crippen LogP contribution is -2.40. The number of rotatable bonds is 4. The zero-order chi connectivity index (χ0) is 14.0. The van der Waals surface area contributed by atoms with Crippen LogP contribution in [0.25, 0.3) is 10.9 Å². The van der Waals surface area contributed by atoms with Crippen LogP contribution in [-0.4, -0.2) is 17.4 Å². The van der Waals surface area contributed by atoms with E-state index in [1.165, 1.54) is 6.42 Å². The third kappa shape index (κ3) is 2.51. The molecule has 0 spiro atoms. The van der Waals surface area contributed by atoms with E-state index in [-0.39, 0.29) is 11.3 Å². The predicted molar refractivity (Wildman–Crippen MR) is 80.3 cm³/mol. The molecule has 1 amide bonds. The molecule has 4 nitrogen and oxygen atoms in total. The average Bonchev–Trinajstić information content (AvgIpc) is 2.43. The van der Waals surface area contributed by atoms with Crippen LogP contribution in [0.4, 0.5) is 5.69 Å². The molecule has 0 unspecified atom stereocenters. The first kappa shape index (κ1) is 13.1. The van der Waals surface area contributed by atoms with E-state index in [0.29, 0.717) is 13.0 Å². The number of nitrogens with one attached hydrogen (secondary N) is 1. The number of amides is 1. The molecule has 0 saturated heterocycles. The highest BCUT2D eigenvalue weighted by molar-refractivity contribution is 5.93. The summed E-state index contributed by atoms with van der Waals surface area (Å²) in [6, 6.07) is 9.82. The molecule has 1 aromatic carbocycles. The zero-order valence-electron chi connectivity index (χ0n) is 11.4. The standard InChI is InChI=1S/C16H19N3O/c17-11-16(6-3-7-16)9-15(20)19-13-8-12-4-1-2-5-14(12)18-10-13/h1-2,4-5,8,10H,3,6-7,9,11,17H2,(H,19,20). The average molecular weight is 269 g/mol. The summed E-state index contributed by atoms with van der Waals surface area (Å²) in [4.78, 5) is 16.5. The second-order valence-electron chi connectivity index (χ2n) is 5.70. The molecule has 1 aromatic heterocycles. The number of anilines is 1. The highest BCUT2D eigenvalue weighted by Gasteiger charge is 2.37. The number of aromatic nitrogens is 1. The maximum atomic E-state index is 12.1. The van der Waals surface area contributed by atoms with Gasteiger partial charge in [0.05, 0.1) is 17.4 Å². The van der Waals surface area contributed by atoms with Crippen molar-refractivity contribution >= 4 is 22.5 Å². The quantitative estimate of drug-likeness (QED) is 0.896. The smallest absolute Gasteiger partial charge is 0.225 e. The Morgan fingerprint density at radius 1 is 1.35 bits per heavy atom. The van der Waals surface area contributed by atoms with Gasteiger partial charge in [0, 0.05) is 11.8 Å². The highest BCUT2D eigenvalue weighted by atomic mass is 16.1. The van der Waals surface area contributed by atoms with Crippen LogP contribution in [-0.2, 0) is 4.79 Å². The number of carbonyl (C=O) groups excluding carboxylic acids is 1. The summed E-state index contributed by atoms with van der Waals surface area (Å²) in [5.74, 6) is 0.0345. The van der Waals surface area contributed by atoms with Crippen molar-refractivity contribution < 1.29 is 4.79 Å². The van der Waals surface area contributed by atoms with Crippen molar-refractivity contribution in [2.24, 2.45) is 11.1 Å². The summed E-state index contributed by atoms with van der Waals surface area (Å²) >= 11 is 0. The van der Waals surface area contributed by atoms with Gasteiger partial charge in [0.2, 0.25) is 5.91 Å². The molecule has 1 aliphatic rings. The van der Waals surface area contributed by atoms with E-state index in [1.807, 2.05) is 30.3 Å². The number of hydrogen-bond donors (Lipinski definition) is 2. The molecule has 0 aliphatic heterocycles. The molecular formula is C16H19N3O. The van der Waals surface area contributed by atoms with Crippen LogP contribution in [0.1, 0.15) is 25.7 Å². The Morgan fingerprint density at radius 2 is 2.15 bits per heavy atom. The van der Waals surface area contributed by atoms with Gasteiger partial charge in [-0.1, -0.05) is 24.6 Å². The molecule has 1 saturated carbocycles. The van der Waals surface area contributed by atoms with Gasteiger partial charge < -0.3 is 11.1 Å². The molecule has 1 aliphatic carbocycles. The van der Waals surface area contributed by atoms with Gasteiger partial charge in [-0.3, -0.25) is 9.78 Å². The van der Waals surface area contributed by atoms with Gasteiger partial charge in [-0.15, -0.1) is 0 Å². The van der Waals surface area contributed by atoms with Crippen molar-refractivity contribution in [2.75, 3.05) is 11.9 Å². The van der Waals surface area contributed by atoms with Crippen LogP contribution >= 0.6 is 0 Å². The predicted octanol–water partition coefficient (Wildman–Crippen LogP) is 2.69. The number of pyridine rings is 1. The number of nitrogens with zero attached hydrogens (tertiary/aromatic N) is 1. The van der Waals surface area contributed by atoms with Crippen molar-refractivity contribution in [1.82, 2.24) is 4.98 Å². The van der Waals surface area contributed by atoms with Crippen molar-refractivity contribution in [3.8, 4) is 0 Å². The molecule has 0 radical (unpaired) electrons. The van der Waals surface area contributed by atoms with Gasteiger partial charge in [0.15, 0.2) is 0 Å². The first-order valence-electron chi connectivity index (χ1n) is 7.06. The van der Waals surface area contributed by atoms with Gasteiger partial charge in [-0.05, 0) is 36.9 Å². The molecule has 2 aromatic rings. The SMILES string of the molecule is NCC1(CC(=O)Nc2cnc3ccccc3c2)CCC1. The minimum absolute atomic E-state index is 0.0345. The van der Waals surface area contributed by atoms with E-state index in [9.17, 15) is 4.79 Å². The van der Waals surface area contributed by atoms with Crippen LogP contribution in [0.2, 0.25) is 0 Å². The van der Waals surface area contributed by atoms with Gasteiger partial charge in [-0.2, -0.15) is 0 Å². The summed E-state index contributed by atoms with van der Waals surface area (Å²) in [7, 11) is 0. The highest BCUT2D eigenvalue weighted by Crippen LogP contribution is 2.43. The van der Waals surface area contributed by atoms with Crippen molar-refractivity contribution in [3.05, 3.63) is 36.5 Å². The van der Waals surface area contributed by atoms with E-state index in [0.717, 1.165) is 29.4 Å². The van der Waals surface area contributed by atoms with E-state index in [4.69, 9.17) is 5.73 Å². The summed E-state index contributed by atoms with van der Waals surface area (Å²) < 4.78 is 0. The normalized spacial score (nSPS) is 16.6. The topological polar surface area (TPSA) is 68.0 Å². The van der Waals surface area contributed by atoms with Crippen molar-refractivity contribution in [1.29, 1.82) is 0 Å². The minimum Gasteiger partial charge on any atom is -0.330 e. The third-order valence-electron chi connectivity index (χ3n) is 4.26. The van der Waals surface area contributed by atoms with Gasteiger partial charge in [-0.25, -0.2) is 0 Å². The summed E-state index contributed by atoms with van der Waals surface area (Å²) in [6.45, 7) is 0.594. The van der Waals surface area contributed by atoms with Gasteiger partial charge in [0.25, 0.3) is 0 Å². The molecular weight excluding hydrogens is 250 g/mol. The fraction of sp³-hybridized carbons (Fsp3) is 0.375. The lowest BCUT2D eigenvalue weighted by molar-refractivity contribution is -0.119. The van der Waals surface area contributed by atoms with Crippen LogP contribution < -0.4 is 11.1 Å². The number of para-hydroxylation sites is 1. The molecule has 3 rings (SSSR count). The molecule has 1 heterocycles. The lowest BCUT2D eigenvalue weighted by atomic mass is 9.66. The molecule has 20 heavy (non-hydrogen) atoms. The van der Waals surface area contributed by atoms with Crippen LogP contribution in [0.3, 0.4) is 0 Å². The van der Waals surface area contributed by atoms with Crippen LogP contribution in [0.15, 0.2) is 36.5 Å². The van der Waals surface area contributed by atoms with E-state index >= 15 is 0 Å². The number of nitrogens with two attached hydrogens (primary N) is 1. The first-order chi connectivity index (χ1) is 9.71. The maximum Gasteiger partial charge on any atom is 0.225 e. The fourth-order valence-corrected chi connectivity index (χ4v) is 2.82. The fourth-order valence-electron chi connectivity index (χ4n) is 2.82. The Balaban J connectivity index is 1.71. The monoisotopic (exact) mass is 269 g/mol. The number of hydrogen-bond acceptors (Lipinski definition) is 3. The number of carbonyl (C=O) groups is 1. The number of fused-ring (bicyclic) bond motifs is 1. The Morgan fingerprint density at radius 3 is 2.85 bits per heavy atom. The van der Waals surface area contributed by atoms with Crippen LogP contribution in [0.5, 0.6) is 0 Å². The molecule has 0 atom stereocenters. The molecule has 1 fully saturated rings. The Kier molecular flexibility index (Phi) is 3.40. The first-order valence-corrected chi connectivity index (χ1v) is 7.06. The molecule has 4 heteroatoms. The molecule has 104 valence electrons. The lowest BCUT2D eigenvalue weighted by Gasteiger charge is -2.40. The van der Waals surface area contributed by atoms with E-state index < -0.39 is 0 Å². The van der Waals surface area contributed by atoms with E-state index in [2.05, 4.69) is 10.3 Å². The van der Waals surface area contributed by atoms with E-state index in [1.54, 1.807) is 6.20 Å².